The maximum absolute atomic E-state index is 5.45. The average molecular weight is 167 g/mol. The first-order valence-corrected chi connectivity index (χ1v) is 4.00. The van der Waals surface area contributed by atoms with Crippen molar-refractivity contribution >= 4 is 0 Å². The van der Waals surface area contributed by atoms with E-state index in [9.17, 15) is 0 Å². The van der Waals surface area contributed by atoms with E-state index in [1.165, 1.54) is 0 Å². The van der Waals surface area contributed by atoms with Gasteiger partial charge < -0.3 is 0 Å². The molecule has 0 aromatic rings. The predicted molar refractivity (Wildman–Crippen MR) is 52.7 cm³/mol. The van der Waals surface area contributed by atoms with Crippen LogP contribution in [0.4, 0.5) is 0 Å². The van der Waals surface area contributed by atoms with Gasteiger partial charge in [-0.15, -0.1) is 19.7 Å². The zero-order valence-corrected chi connectivity index (χ0v) is 7.70. The zero-order valence-electron chi connectivity index (χ0n) is 7.70. The summed E-state index contributed by atoms with van der Waals surface area (Å²) in [5, 5.41) is 1.78. The van der Waals surface area contributed by atoms with Crippen molar-refractivity contribution in [1.82, 2.24) is 5.06 Å². The van der Waals surface area contributed by atoms with Crippen molar-refractivity contribution in [3.05, 3.63) is 38.0 Å². The molecule has 2 heteroatoms. The summed E-state index contributed by atoms with van der Waals surface area (Å²) >= 11 is 0. The van der Waals surface area contributed by atoms with Gasteiger partial charge in [0.2, 0.25) is 0 Å². The van der Waals surface area contributed by atoms with Gasteiger partial charge in [-0.3, -0.25) is 4.84 Å². The molecule has 0 saturated carbocycles. The maximum atomic E-state index is 5.45. The van der Waals surface area contributed by atoms with E-state index in [4.69, 9.17) is 4.84 Å². The molecule has 0 heterocycles. The molecule has 0 aromatic carbocycles. The lowest BCUT2D eigenvalue weighted by Crippen LogP contribution is -2.27. The van der Waals surface area contributed by atoms with Gasteiger partial charge in [0.1, 0.15) is 0 Å². The molecule has 68 valence electrons. The molecule has 0 fully saturated rings. The lowest BCUT2D eigenvalue weighted by molar-refractivity contribution is -0.164. The quantitative estimate of drug-likeness (QED) is 0.425. The molecule has 0 aliphatic rings. The third kappa shape index (κ3) is 4.88. The fourth-order valence-electron chi connectivity index (χ4n) is 0.727. The Hall–Kier alpha value is -0.860. The molecule has 2 nitrogen and oxygen atoms in total. The van der Waals surface area contributed by atoms with E-state index in [0.717, 1.165) is 0 Å². The largest absolute Gasteiger partial charge is 0.291 e. The highest BCUT2D eigenvalue weighted by Gasteiger charge is 2.03. The van der Waals surface area contributed by atoms with Crippen LogP contribution in [-0.4, -0.2) is 24.3 Å². The summed E-state index contributed by atoms with van der Waals surface area (Å²) in [4.78, 5) is 5.45. The predicted octanol–water partition coefficient (Wildman–Crippen LogP) is 2.17. The molecule has 12 heavy (non-hydrogen) atoms. The summed E-state index contributed by atoms with van der Waals surface area (Å²) in [6, 6.07) is 0. The van der Waals surface area contributed by atoms with E-state index in [1.807, 2.05) is 6.92 Å². The van der Waals surface area contributed by atoms with Crippen molar-refractivity contribution < 1.29 is 4.84 Å². The molecule has 1 atom stereocenters. The van der Waals surface area contributed by atoms with Crippen LogP contribution in [0.1, 0.15) is 6.92 Å². The van der Waals surface area contributed by atoms with Crippen LogP contribution in [0.3, 0.4) is 0 Å². The van der Waals surface area contributed by atoms with Crippen LogP contribution in [-0.2, 0) is 4.84 Å². The highest BCUT2D eigenvalue weighted by Crippen LogP contribution is 1.98. The van der Waals surface area contributed by atoms with Crippen molar-refractivity contribution in [3.63, 3.8) is 0 Å². The Morgan fingerprint density at radius 1 is 1.25 bits per heavy atom. The molecule has 0 N–H and O–H groups in total. The summed E-state index contributed by atoms with van der Waals surface area (Å²) in [5.41, 5.74) is 0. The first-order valence-electron chi connectivity index (χ1n) is 4.00. The summed E-state index contributed by atoms with van der Waals surface area (Å²) < 4.78 is 0. The molecule has 0 aliphatic carbocycles. The second kappa shape index (κ2) is 6.83. The lowest BCUT2D eigenvalue weighted by Gasteiger charge is -2.21. The van der Waals surface area contributed by atoms with Crippen molar-refractivity contribution in [1.29, 1.82) is 0 Å². The SMILES string of the molecule is C=CCN(CC=C)OC(C)C=C. The Bertz CT molecular complexity index is 144. The van der Waals surface area contributed by atoms with Crippen LogP contribution < -0.4 is 0 Å². The number of hydrogen-bond acceptors (Lipinski definition) is 2. The zero-order chi connectivity index (χ0) is 9.40. The fraction of sp³-hybridized carbons (Fsp3) is 0.400. The van der Waals surface area contributed by atoms with Gasteiger partial charge in [-0.1, -0.05) is 18.2 Å². The third-order valence-electron chi connectivity index (χ3n) is 1.31. The second-order valence-corrected chi connectivity index (χ2v) is 2.47. The summed E-state index contributed by atoms with van der Waals surface area (Å²) in [6.45, 7) is 14.2. The van der Waals surface area contributed by atoms with E-state index >= 15 is 0 Å². The highest BCUT2D eigenvalue weighted by atomic mass is 16.7. The molecular formula is C10H17NO. The van der Waals surface area contributed by atoms with Crippen LogP contribution in [0.2, 0.25) is 0 Å². The van der Waals surface area contributed by atoms with Crippen LogP contribution in [0.5, 0.6) is 0 Å². The van der Waals surface area contributed by atoms with Gasteiger partial charge in [0.05, 0.1) is 6.10 Å². The van der Waals surface area contributed by atoms with E-state index in [-0.39, 0.29) is 6.10 Å². The lowest BCUT2D eigenvalue weighted by atomic mass is 10.4. The number of rotatable bonds is 7. The van der Waals surface area contributed by atoms with E-state index in [1.54, 1.807) is 23.3 Å². The standard InChI is InChI=1S/C10H17NO/c1-5-8-11(9-6-2)12-10(4)7-3/h5-7,10H,1-3,8-9H2,4H3. The van der Waals surface area contributed by atoms with Crippen molar-refractivity contribution in [3.8, 4) is 0 Å². The molecule has 0 aliphatic heterocycles. The molecule has 0 saturated heterocycles. The maximum Gasteiger partial charge on any atom is 0.0943 e. The number of hydrogen-bond donors (Lipinski definition) is 0. The smallest absolute Gasteiger partial charge is 0.0943 e. The van der Waals surface area contributed by atoms with Crippen molar-refractivity contribution in [2.45, 2.75) is 13.0 Å². The van der Waals surface area contributed by atoms with Crippen LogP contribution in [0.15, 0.2) is 38.0 Å². The third-order valence-corrected chi connectivity index (χ3v) is 1.31. The average Bonchev–Trinajstić information content (AvgIpc) is 2.05. The van der Waals surface area contributed by atoms with E-state index in [0.29, 0.717) is 13.1 Å². The number of hydroxylamine groups is 2. The summed E-state index contributed by atoms with van der Waals surface area (Å²) in [5.74, 6) is 0. The van der Waals surface area contributed by atoms with E-state index in [2.05, 4.69) is 19.7 Å². The monoisotopic (exact) mass is 167 g/mol. The van der Waals surface area contributed by atoms with Gasteiger partial charge in [-0.05, 0) is 6.92 Å². The van der Waals surface area contributed by atoms with Gasteiger partial charge in [-0.25, -0.2) is 0 Å². The van der Waals surface area contributed by atoms with Gasteiger partial charge in [0.15, 0.2) is 0 Å². The van der Waals surface area contributed by atoms with Crippen LogP contribution >= 0.6 is 0 Å². The molecule has 0 rings (SSSR count). The molecule has 1 unspecified atom stereocenters. The second-order valence-electron chi connectivity index (χ2n) is 2.47. The highest BCUT2D eigenvalue weighted by molar-refractivity contribution is 4.79. The fourth-order valence-corrected chi connectivity index (χ4v) is 0.727. The topological polar surface area (TPSA) is 12.5 Å². The Balaban J connectivity index is 3.83. The molecule has 0 amide bonds. The minimum absolute atomic E-state index is 0.0323. The molecule has 0 bridgehead atoms. The summed E-state index contributed by atoms with van der Waals surface area (Å²) in [7, 11) is 0. The Labute approximate surface area is 74.8 Å². The van der Waals surface area contributed by atoms with Crippen LogP contribution in [0, 0.1) is 0 Å². The minimum atomic E-state index is 0.0323. The molecule has 0 radical (unpaired) electrons. The molecular weight excluding hydrogens is 150 g/mol. The molecule has 0 aromatic heterocycles. The Morgan fingerprint density at radius 2 is 1.75 bits per heavy atom. The van der Waals surface area contributed by atoms with Crippen LogP contribution in [0.25, 0.3) is 0 Å². The Kier molecular flexibility index (Phi) is 6.34. The minimum Gasteiger partial charge on any atom is -0.291 e. The Morgan fingerprint density at radius 3 is 2.08 bits per heavy atom. The molecule has 0 spiro atoms. The van der Waals surface area contributed by atoms with E-state index < -0.39 is 0 Å². The van der Waals surface area contributed by atoms with Gasteiger partial charge >= 0.3 is 0 Å². The van der Waals surface area contributed by atoms with Gasteiger partial charge in [0, 0.05) is 13.1 Å². The summed E-state index contributed by atoms with van der Waals surface area (Å²) in [6.07, 6.45) is 5.36. The van der Waals surface area contributed by atoms with Gasteiger partial charge in [0.25, 0.3) is 0 Å². The van der Waals surface area contributed by atoms with Crippen molar-refractivity contribution in [2.24, 2.45) is 0 Å². The first-order chi connectivity index (χ1) is 5.74. The number of nitrogens with zero attached hydrogens (tertiary/aromatic N) is 1. The van der Waals surface area contributed by atoms with Crippen molar-refractivity contribution in [2.75, 3.05) is 13.1 Å². The van der Waals surface area contributed by atoms with Gasteiger partial charge in [-0.2, -0.15) is 5.06 Å². The first kappa shape index (κ1) is 11.1. The normalized spacial score (nSPS) is 12.5.